The standard InChI is InChI=1S/2ClH.H3N.Pd/h2*1H;1H3;/p-1. The minimum absolute atomic E-state index is 0. The van der Waals surface area contributed by atoms with Crippen LogP contribution in [0.2, 0.25) is 0 Å². The summed E-state index contributed by atoms with van der Waals surface area (Å²) in [4.78, 5) is 0. The second kappa shape index (κ2) is 29.8. The van der Waals surface area contributed by atoms with Gasteiger partial charge in [0.05, 0.1) is 0 Å². The van der Waals surface area contributed by atoms with Gasteiger partial charge in [0.15, 0.2) is 0 Å². The van der Waals surface area contributed by atoms with Crippen LogP contribution in [0.4, 0.5) is 0 Å². The Hall–Kier alpha value is 1.20. The quantitative estimate of drug-likeness (QED) is 0.374. The Morgan fingerprint density at radius 2 is 0.750 bits per heavy atom. The van der Waals surface area contributed by atoms with E-state index in [1.807, 2.05) is 0 Å². The Labute approximate surface area is 51.6 Å². The van der Waals surface area contributed by atoms with Crippen LogP contribution in [-0.2, 0) is 20.4 Å². The van der Waals surface area contributed by atoms with Crippen molar-refractivity contribution in [2.75, 3.05) is 0 Å². The van der Waals surface area contributed by atoms with Crippen molar-refractivity contribution >= 4 is 0 Å². The van der Waals surface area contributed by atoms with E-state index in [-0.39, 0.29) is 51.4 Å². The SMILES string of the molecule is [Cl-].[Cl-].[NH4+].[Pd]. The summed E-state index contributed by atoms with van der Waals surface area (Å²) in [5.41, 5.74) is 0. The molecule has 0 amide bonds. The van der Waals surface area contributed by atoms with Crippen LogP contribution >= 0.6 is 0 Å². The van der Waals surface area contributed by atoms with E-state index in [1.165, 1.54) is 0 Å². The van der Waals surface area contributed by atoms with Crippen LogP contribution < -0.4 is 31.0 Å². The van der Waals surface area contributed by atoms with E-state index in [4.69, 9.17) is 0 Å². The fourth-order valence-electron chi connectivity index (χ4n) is 0. The maximum atomic E-state index is 0. The smallest absolute Gasteiger partial charge is 0 e. The second-order valence-corrected chi connectivity index (χ2v) is 0. The van der Waals surface area contributed by atoms with Crippen molar-refractivity contribution in [3.8, 4) is 0 Å². The molecule has 0 unspecified atom stereocenters. The Morgan fingerprint density at radius 3 is 0.750 bits per heavy atom. The summed E-state index contributed by atoms with van der Waals surface area (Å²) in [6, 6.07) is 0. The first-order chi connectivity index (χ1) is 0. The zero-order valence-electron chi connectivity index (χ0n) is 2.07. The molecule has 4 heavy (non-hydrogen) atoms. The third-order valence-corrected chi connectivity index (χ3v) is 0. The van der Waals surface area contributed by atoms with Gasteiger partial charge in [0.2, 0.25) is 0 Å². The molecule has 0 aromatic rings. The molecule has 0 fully saturated rings. The summed E-state index contributed by atoms with van der Waals surface area (Å²) in [6.07, 6.45) is 0. The van der Waals surface area contributed by atoms with E-state index in [1.54, 1.807) is 0 Å². The molecule has 4 heteroatoms. The first-order valence-corrected chi connectivity index (χ1v) is 0. The van der Waals surface area contributed by atoms with Crippen molar-refractivity contribution in [1.29, 1.82) is 0 Å². The van der Waals surface area contributed by atoms with Crippen LogP contribution in [0.3, 0.4) is 0 Å². The van der Waals surface area contributed by atoms with E-state index in [0.717, 1.165) is 0 Å². The fraction of sp³-hybridized carbons (Fsp3) is 0. The van der Waals surface area contributed by atoms with Crippen LogP contribution in [-0.4, -0.2) is 0 Å². The van der Waals surface area contributed by atoms with Gasteiger partial charge in [0, 0.05) is 20.4 Å². The molecule has 34 valence electrons. The van der Waals surface area contributed by atoms with Gasteiger partial charge in [-0.25, -0.2) is 0 Å². The van der Waals surface area contributed by atoms with Gasteiger partial charge in [-0.1, -0.05) is 0 Å². The summed E-state index contributed by atoms with van der Waals surface area (Å²) < 4.78 is 0. The summed E-state index contributed by atoms with van der Waals surface area (Å²) in [5.74, 6) is 0. The molecule has 4 N–H and O–H groups in total. The van der Waals surface area contributed by atoms with E-state index in [0.29, 0.717) is 0 Å². The molecule has 0 rings (SSSR count). The molecule has 0 radical (unpaired) electrons. The van der Waals surface area contributed by atoms with Crippen molar-refractivity contribution in [1.82, 2.24) is 6.15 Å². The number of halogens is 2. The van der Waals surface area contributed by atoms with Crippen molar-refractivity contribution in [3.63, 3.8) is 0 Å². The van der Waals surface area contributed by atoms with E-state index in [9.17, 15) is 0 Å². The summed E-state index contributed by atoms with van der Waals surface area (Å²) in [7, 11) is 0. The van der Waals surface area contributed by atoms with Crippen LogP contribution in [0, 0.1) is 0 Å². The molecule has 0 aromatic heterocycles. The third-order valence-electron chi connectivity index (χ3n) is 0. The maximum Gasteiger partial charge on any atom is 0 e. The van der Waals surface area contributed by atoms with Gasteiger partial charge in [-0.2, -0.15) is 0 Å². The molecule has 0 saturated heterocycles. The topological polar surface area (TPSA) is 36.5 Å². The van der Waals surface area contributed by atoms with Gasteiger partial charge in [0.1, 0.15) is 0 Å². The predicted molar refractivity (Wildman–Crippen MR) is 5.98 cm³/mol. The Bertz CT molecular complexity index is 6.00. The van der Waals surface area contributed by atoms with Gasteiger partial charge in [-0.3, -0.25) is 0 Å². The van der Waals surface area contributed by atoms with Crippen molar-refractivity contribution in [2.24, 2.45) is 0 Å². The predicted octanol–water partition coefficient (Wildman–Crippen LogP) is -5.62. The number of hydrogen-bond acceptors (Lipinski definition) is 0. The summed E-state index contributed by atoms with van der Waals surface area (Å²) in [6.45, 7) is 0. The van der Waals surface area contributed by atoms with Gasteiger partial charge >= 0.3 is 0 Å². The van der Waals surface area contributed by atoms with Crippen LogP contribution in [0.5, 0.6) is 0 Å². The van der Waals surface area contributed by atoms with Crippen molar-refractivity contribution in [3.05, 3.63) is 0 Å². The monoisotopic (exact) mass is 194 g/mol. The molecular formula is H4Cl2NPd-. The first-order valence-electron chi connectivity index (χ1n) is 0. The maximum absolute atomic E-state index is 0. The molecule has 0 bridgehead atoms. The van der Waals surface area contributed by atoms with Gasteiger partial charge in [0.25, 0.3) is 0 Å². The minimum atomic E-state index is 0. The Balaban J connectivity index is 0. The number of hydrogen-bond donors (Lipinski definition) is 1. The zero-order chi connectivity index (χ0) is 0. The normalized spacial score (nSPS) is 0. The first kappa shape index (κ1) is 63.6. The molecule has 0 spiro atoms. The van der Waals surface area contributed by atoms with E-state index < -0.39 is 0 Å². The second-order valence-electron chi connectivity index (χ2n) is 0. The fourth-order valence-corrected chi connectivity index (χ4v) is 0. The number of quaternary nitrogens is 1. The third kappa shape index (κ3) is 10.7. The molecule has 0 aliphatic carbocycles. The molecule has 0 atom stereocenters. The average molecular weight is 195 g/mol. The Morgan fingerprint density at radius 1 is 0.750 bits per heavy atom. The molecule has 1 nitrogen and oxygen atoms in total. The zero-order valence-corrected chi connectivity index (χ0v) is 5.14. The van der Waals surface area contributed by atoms with Crippen LogP contribution in [0.1, 0.15) is 0 Å². The van der Waals surface area contributed by atoms with Gasteiger partial charge in [-0.15, -0.1) is 0 Å². The van der Waals surface area contributed by atoms with Crippen molar-refractivity contribution in [2.45, 2.75) is 0 Å². The Kier molecular flexibility index (Phi) is 474. The molecule has 0 aromatic carbocycles. The van der Waals surface area contributed by atoms with Crippen LogP contribution in [0.25, 0.3) is 0 Å². The summed E-state index contributed by atoms with van der Waals surface area (Å²) >= 11 is 0. The van der Waals surface area contributed by atoms with Crippen molar-refractivity contribution < 1.29 is 45.2 Å². The largest absolute Gasteiger partial charge is 1.00 e. The molecule has 0 aliphatic heterocycles. The molecule has 0 heterocycles. The average Bonchev–Trinajstić information content (AvgIpc) is 0. The molecule has 0 aliphatic rings. The van der Waals surface area contributed by atoms with Gasteiger partial charge in [-0.05, 0) is 0 Å². The van der Waals surface area contributed by atoms with E-state index in [2.05, 4.69) is 0 Å². The molecule has 0 saturated carbocycles. The summed E-state index contributed by atoms with van der Waals surface area (Å²) in [5, 5.41) is 0. The van der Waals surface area contributed by atoms with Gasteiger partial charge < -0.3 is 31.0 Å². The molecular weight excluding hydrogens is 191 g/mol. The van der Waals surface area contributed by atoms with Crippen LogP contribution in [0.15, 0.2) is 0 Å². The minimum Gasteiger partial charge on any atom is -1.00 e. The number of rotatable bonds is 0. The van der Waals surface area contributed by atoms with E-state index >= 15 is 0 Å².